The molecule has 0 amide bonds. The maximum Gasteiger partial charge on any atom is 0.230 e. The van der Waals surface area contributed by atoms with Gasteiger partial charge in [-0.3, -0.25) is 0 Å². The van der Waals surface area contributed by atoms with Gasteiger partial charge in [0, 0.05) is 23.9 Å². The molecular weight excluding hydrogens is 290 g/mol. The van der Waals surface area contributed by atoms with Gasteiger partial charge < -0.3 is 16.4 Å². The molecule has 1 aromatic rings. The summed E-state index contributed by atoms with van der Waals surface area (Å²) in [6, 6.07) is 2.38. The van der Waals surface area contributed by atoms with Crippen LogP contribution in [0.25, 0.3) is 0 Å². The second-order valence-corrected chi connectivity index (χ2v) is 7.19. The van der Waals surface area contributed by atoms with E-state index in [2.05, 4.69) is 59.3 Å². The molecule has 2 rings (SSSR count). The summed E-state index contributed by atoms with van der Waals surface area (Å²) in [5.41, 5.74) is 4.37. The highest BCUT2D eigenvalue weighted by atomic mass is 35.5. The zero-order chi connectivity index (χ0) is 15.9. The third-order valence-electron chi connectivity index (χ3n) is 3.35. The molecule has 0 bridgehead atoms. The van der Waals surface area contributed by atoms with Crippen molar-refractivity contribution < 1.29 is 0 Å². The van der Waals surface area contributed by atoms with Crippen molar-refractivity contribution in [3.63, 3.8) is 0 Å². The SMILES string of the molecule is CC1(C)CC(C#N)(Nc2nc(N)nc(Cl)n2)CC(C)(C)N1. The van der Waals surface area contributed by atoms with Crippen molar-refractivity contribution in [1.29, 1.82) is 5.26 Å². The molecule has 2 heterocycles. The smallest absolute Gasteiger partial charge is 0.230 e. The minimum atomic E-state index is -0.796. The van der Waals surface area contributed by atoms with Gasteiger partial charge in [-0.1, -0.05) is 0 Å². The van der Waals surface area contributed by atoms with E-state index >= 15 is 0 Å². The lowest BCUT2D eigenvalue weighted by atomic mass is 9.71. The molecule has 0 radical (unpaired) electrons. The zero-order valence-corrected chi connectivity index (χ0v) is 13.4. The number of nitrogens with two attached hydrogens (primary N) is 1. The number of rotatable bonds is 2. The number of anilines is 2. The standard InChI is InChI=1S/C13H20ClN7/c1-11(2)5-13(7-15,6-12(3,4)21-11)20-10-18-8(14)17-9(16)19-10/h21H,5-6H2,1-4H3,(H3,16,17,18,19,20). The molecule has 1 fully saturated rings. The molecule has 0 aliphatic carbocycles. The van der Waals surface area contributed by atoms with E-state index in [1.807, 2.05) is 0 Å². The number of hydrogen-bond acceptors (Lipinski definition) is 7. The van der Waals surface area contributed by atoms with Crippen molar-refractivity contribution in [2.45, 2.75) is 57.2 Å². The maximum absolute atomic E-state index is 9.73. The normalized spacial score (nSPS) is 22.3. The molecule has 8 heteroatoms. The molecule has 114 valence electrons. The number of aromatic nitrogens is 3. The minimum absolute atomic E-state index is 0.00513. The average molecular weight is 310 g/mol. The van der Waals surface area contributed by atoms with Crippen LogP contribution in [0.1, 0.15) is 40.5 Å². The summed E-state index contributed by atoms with van der Waals surface area (Å²) in [7, 11) is 0. The van der Waals surface area contributed by atoms with Gasteiger partial charge >= 0.3 is 0 Å². The van der Waals surface area contributed by atoms with Crippen molar-refractivity contribution in [1.82, 2.24) is 20.3 Å². The molecule has 1 aliphatic heterocycles. The van der Waals surface area contributed by atoms with E-state index in [0.29, 0.717) is 12.8 Å². The third kappa shape index (κ3) is 3.71. The van der Waals surface area contributed by atoms with Crippen molar-refractivity contribution >= 4 is 23.5 Å². The Labute approximate surface area is 129 Å². The zero-order valence-electron chi connectivity index (χ0n) is 12.7. The highest BCUT2D eigenvalue weighted by Gasteiger charge is 2.48. The first kappa shape index (κ1) is 15.7. The molecule has 0 spiro atoms. The van der Waals surface area contributed by atoms with E-state index in [4.69, 9.17) is 17.3 Å². The van der Waals surface area contributed by atoms with E-state index in [1.165, 1.54) is 0 Å². The number of hydrogen-bond donors (Lipinski definition) is 3. The Morgan fingerprint density at radius 1 is 1.19 bits per heavy atom. The van der Waals surface area contributed by atoms with Crippen molar-refractivity contribution in [2.24, 2.45) is 0 Å². The third-order valence-corrected chi connectivity index (χ3v) is 3.52. The quantitative estimate of drug-likeness (QED) is 0.762. The van der Waals surface area contributed by atoms with Crippen molar-refractivity contribution in [3.8, 4) is 6.07 Å². The fourth-order valence-electron chi connectivity index (χ4n) is 3.41. The van der Waals surface area contributed by atoms with Crippen LogP contribution in [0.5, 0.6) is 0 Å². The van der Waals surface area contributed by atoms with Gasteiger partial charge in [0.1, 0.15) is 5.54 Å². The molecule has 1 aliphatic rings. The van der Waals surface area contributed by atoms with Gasteiger partial charge in [-0.15, -0.1) is 0 Å². The van der Waals surface area contributed by atoms with Crippen LogP contribution in [0.4, 0.5) is 11.9 Å². The Balaban J connectivity index is 2.35. The molecular formula is C13H20ClN7. The van der Waals surface area contributed by atoms with Gasteiger partial charge in [-0.2, -0.15) is 20.2 Å². The summed E-state index contributed by atoms with van der Waals surface area (Å²) >= 11 is 5.79. The number of nitriles is 1. The van der Waals surface area contributed by atoms with Crippen LogP contribution in [0, 0.1) is 11.3 Å². The first-order valence-electron chi connectivity index (χ1n) is 6.71. The molecule has 1 saturated heterocycles. The Morgan fingerprint density at radius 2 is 1.76 bits per heavy atom. The maximum atomic E-state index is 9.73. The van der Waals surface area contributed by atoms with Gasteiger partial charge in [0.25, 0.3) is 0 Å². The van der Waals surface area contributed by atoms with Crippen molar-refractivity contribution in [2.75, 3.05) is 11.1 Å². The largest absolute Gasteiger partial charge is 0.368 e. The summed E-state index contributed by atoms with van der Waals surface area (Å²) in [5.74, 6) is 0.251. The molecule has 0 saturated carbocycles. The first-order chi connectivity index (χ1) is 9.55. The molecule has 7 nitrogen and oxygen atoms in total. The lowest BCUT2D eigenvalue weighted by molar-refractivity contribution is 0.143. The van der Waals surface area contributed by atoms with Gasteiger partial charge in [-0.25, -0.2) is 0 Å². The predicted octanol–water partition coefficient (Wildman–Crippen LogP) is 1.72. The number of halogens is 1. The van der Waals surface area contributed by atoms with Crippen LogP contribution in [0.2, 0.25) is 5.28 Å². The van der Waals surface area contributed by atoms with Gasteiger partial charge in [-0.05, 0) is 39.3 Å². The van der Waals surface area contributed by atoms with Gasteiger partial charge in [0.05, 0.1) is 6.07 Å². The van der Waals surface area contributed by atoms with Crippen LogP contribution < -0.4 is 16.4 Å². The van der Waals surface area contributed by atoms with E-state index in [9.17, 15) is 5.26 Å². The van der Waals surface area contributed by atoms with E-state index in [1.54, 1.807) is 0 Å². The Kier molecular flexibility index (Phi) is 3.72. The van der Waals surface area contributed by atoms with E-state index in [0.717, 1.165) is 0 Å². The number of piperidine rings is 1. The summed E-state index contributed by atoms with van der Waals surface area (Å²) in [6.45, 7) is 8.26. The Bertz CT molecular complexity index is 554. The lowest BCUT2D eigenvalue weighted by Crippen LogP contribution is -2.65. The molecule has 1 aromatic heterocycles. The number of nitrogens with zero attached hydrogens (tertiary/aromatic N) is 4. The summed E-state index contributed by atoms with van der Waals surface area (Å²) in [6.07, 6.45) is 1.20. The van der Waals surface area contributed by atoms with Crippen LogP contribution in [-0.2, 0) is 0 Å². The summed E-state index contributed by atoms with van der Waals surface area (Å²) in [4.78, 5) is 11.7. The molecule has 4 N–H and O–H groups in total. The topological polar surface area (TPSA) is 113 Å². The molecule has 21 heavy (non-hydrogen) atoms. The monoisotopic (exact) mass is 309 g/mol. The fraction of sp³-hybridized carbons (Fsp3) is 0.692. The lowest BCUT2D eigenvalue weighted by Gasteiger charge is -2.50. The Morgan fingerprint density at radius 3 is 2.24 bits per heavy atom. The van der Waals surface area contributed by atoms with Crippen molar-refractivity contribution in [3.05, 3.63) is 5.28 Å². The number of nitrogen functional groups attached to an aromatic ring is 1. The first-order valence-corrected chi connectivity index (χ1v) is 7.09. The average Bonchev–Trinajstić information content (AvgIpc) is 2.22. The minimum Gasteiger partial charge on any atom is -0.368 e. The highest BCUT2D eigenvalue weighted by molar-refractivity contribution is 6.28. The molecule has 0 aromatic carbocycles. The van der Waals surface area contributed by atoms with E-state index in [-0.39, 0.29) is 28.3 Å². The summed E-state index contributed by atoms with van der Waals surface area (Å²) < 4.78 is 0. The van der Waals surface area contributed by atoms with Gasteiger partial charge in [0.2, 0.25) is 17.2 Å². The second kappa shape index (κ2) is 4.97. The summed E-state index contributed by atoms with van der Waals surface area (Å²) in [5, 5.41) is 16.4. The van der Waals surface area contributed by atoms with Crippen LogP contribution >= 0.6 is 11.6 Å². The second-order valence-electron chi connectivity index (χ2n) is 6.85. The Hall–Kier alpha value is -1.65. The fourth-order valence-corrected chi connectivity index (χ4v) is 3.57. The molecule has 0 unspecified atom stereocenters. The van der Waals surface area contributed by atoms with Crippen LogP contribution in [0.3, 0.4) is 0 Å². The van der Waals surface area contributed by atoms with Crippen LogP contribution in [0.15, 0.2) is 0 Å². The van der Waals surface area contributed by atoms with Gasteiger partial charge in [0.15, 0.2) is 0 Å². The molecule has 0 atom stereocenters. The highest BCUT2D eigenvalue weighted by Crippen LogP contribution is 2.37. The number of nitrogens with one attached hydrogen (secondary N) is 2. The predicted molar refractivity (Wildman–Crippen MR) is 81.7 cm³/mol. The van der Waals surface area contributed by atoms with Crippen LogP contribution in [-0.4, -0.2) is 31.6 Å². The van der Waals surface area contributed by atoms with E-state index < -0.39 is 5.54 Å².